The smallest absolute Gasteiger partial charge is 0.207 e. The zero-order chi connectivity index (χ0) is 17.7. The molecule has 0 aliphatic rings. The molecule has 21 heavy (non-hydrogen) atoms. The van der Waals surface area contributed by atoms with Crippen molar-refractivity contribution in [3.8, 4) is 0 Å². The Morgan fingerprint density at radius 2 is 0.667 bits per heavy atom. The Morgan fingerprint density at radius 1 is 0.429 bits per heavy atom. The van der Waals surface area contributed by atoms with E-state index in [4.69, 9.17) is 0 Å². The molecule has 0 fully saturated rings. The molecule has 126 valence electrons. The van der Waals surface area contributed by atoms with Crippen LogP contribution in [-0.4, -0.2) is 24.7 Å². The van der Waals surface area contributed by atoms with Crippen LogP contribution in [0.5, 0.6) is 0 Å². The molecule has 0 heterocycles. The minimum atomic E-state index is -7.67. The van der Waals surface area contributed by atoms with Crippen LogP contribution in [0.3, 0.4) is 0 Å². The molecule has 0 aromatic carbocycles. The molecule has 0 N–H and O–H groups in total. The quantitative estimate of drug-likeness (QED) is 0.558. The summed E-state index contributed by atoms with van der Waals surface area (Å²) in [7, 11) is 0. The minimum absolute atomic E-state index is 4.78. The lowest BCUT2D eigenvalue weighted by Crippen LogP contribution is -2.60. The average Bonchev–Trinajstić information content (AvgIpc) is 2.07. The molecule has 0 nitrogen and oxygen atoms in total. The third-order valence-electron chi connectivity index (χ3n) is 2.05. The maximum Gasteiger partial charge on any atom is 0.445 e. The van der Waals surface area contributed by atoms with Gasteiger partial charge in [0, 0.05) is 0 Å². The monoisotopic (exact) mass is 350 g/mol. The van der Waals surface area contributed by atoms with Crippen LogP contribution in [0.25, 0.3) is 0 Å². The Morgan fingerprint density at radius 3 is 0.810 bits per heavy atom. The second-order valence-corrected chi connectivity index (χ2v) is 3.37. The predicted octanol–water partition coefficient (Wildman–Crippen LogP) is 5.37. The molecule has 0 unspecified atom stereocenters. The van der Waals surface area contributed by atoms with Gasteiger partial charge in [0.2, 0.25) is 5.83 Å². The Balaban J connectivity index is 6.90. The van der Waals surface area contributed by atoms with Gasteiger partial charge in [0.25, 0.3) is 0 Å². The summed E-state index contributed by atoms with van der Waals surface area (Å²) in [5.74, 6) is -9.86. The lowest BCUT2D eigenvalue weighted by Gasteiger charge is -2.37. The summed E-state index contributed by atoms with van der Waals surface area (Å²) >= 11 is 0. The maximum absolute atomic E-state index is 12.7. The average molecular weight is 350 g/mol. The fraction of sp³-hybridized carbons (Fsp3) is 0.714. The molecule has 14 heteroatoms. The lowest BCUT2D eigenvalue weighted by atomic mass is 9.83. The van der Waals surface area contributed by atoms with Gasteiger partial charge in [-0.05, 0) is 0 Å². The SMILES string of the molecule is FC(=C(F)C(C(F)(F)F)(C(F)(F)F)C(F)(F)F)C(F)(F)F. The van der Waals surface area contributed by atoms with E-state index < -0.39 is 41.8 Å². The van der Waals surface area contributed by atoms with Crippen molar-refractivity contribution in [2.75, 3.05) is 0 Å². The molecular formula is C7F14. The Labute approximate surface area is 105 Å². The molecule has 0 saturated heterocycles. The first kappa shape index (κ1) is 19.8. The highest BCUT2D eigenvalue weighted by Crippen LogP contribution is 2.64. The van der Waals surface area contributed by atoms with Crippen molar-refractivity contribution in [3.05, 3.63) is 11.7 Å². The largest absolute Gasteiger partial charge is 0.445 e. The zero-order valence-corrected chi connectivity index (χ0v) is 8.79. The Bertz CT molecular complexity index is 375. The van der Waals surface area contributed by atoms with Crippen molar-refractivity contribution in [3.63, 3.8) is 0 Å². The standard InChI is InChI=1S/C7F14/c8-1(2(9)4(10,11)12)3(5(13,14)15,6(16,17)18)7(19,20)21. The molecule has 0 aromatic heterocycles. The molecule has 0 rings (SSSR count). The van der Waals surface area contributed by atoms with Gasteiger partial charge in [-0.15, -0.1) is 0 Å². The molecule has 0 aliphatic carbocycles. The summed E-state index contributed by atoms with van der Waals surface area (Å²) in [6.07, 6.45) is -29.8. The first-order valence-electron chi connectivity index (χ1n) is 4.15. The molecule has 0 spiro atoms. The zero-order valence-electron chi connectivity index (χ0n) is 8.79. The van der Waals surface area contributed by atoms with Crippen molar-refractivity contribution >= 4 is 0 Å². The van der Waals surface area contributed by atoms with Crippen LogP contribution in [0, 0.1) is 5.41 Å². The Kier molecular flexibility index (Phi) is 4.61. The molecule has 0 aliphatic heterocycles. The predicted molar refractivity (Wildman–Crippen MR) is 35.9 cm³/mol. The Hall–Kier alpha value is -1.24. The summed E-state index contributed by atoms with van der Waals surface area (Å²) in [6.45, 7) is 0. The number of alkyl halides is 12. The summed E-state index contributed by atoms with van der Waals surface area (Å²) in [5, 5.41) is 0. The molecule has 0 amide bonds. The number of hydrogen-bond acceptors (Lipinski definition) is 0. The van der Waals surface area contributed by atoms with Crippen LogP contribution >= 0.6 is 0 Å². The fourth-order valence-electron chi connectivity index (χ4n) is 1.14. The second kappa shape index (κ2) is 4.90. The van der Waals surface area contributed by atoms with Crippen molar-refractivity contribution in [1.29, 1.82) is 0 Å². The van der Waals surface area contributed by atoms with E-state index >= 15 is 0 Å². The first-order chi connectivity index (χ1) is 8.82. The van der Waals surface area contributed by atoms with Crippen LogP contribution in [-0.2, 0) is 0 Å². The minimum Gasteiger partial charge on any atom is -0.207 e. The highest BCUT2D eigenvalue weighted by atomic mass is 19.4. The van der Waals surface area contributed by atoms with Gasteiger partial charge in [0.1, 0.15) is 0 Å². The van der Waals surface area contributed by atoms with Gasteiger partial charge in [-0.25, -0.2) is 4.39 Å². The topological polar surface area (TPSA) is 0 Å². The number of hydrogen-bond donors (Lipinski definition) is 0. The molecule has 0 saturated carbocycles. The number of rotatable bonds is 1. The van der Waals surface area contributed by atoms with Crippen LogP contribution in [0.1, 0.15) is 0 Å². The molecular weight excluding hydrogens is 350 g/mol. The van der Waals surface area contributed by atoms with Crippen LogP contribution in [0.15, 0.2) is 11.7 Å². The van der Waals surface area contributed by atoms with Crippen molar-refractivity contribution in [1.82, 2.24) is 0 Å². The van der Waals surface area contributed by atoms with Gasteiger partial charge in [0.15, 0.2) is 5.83 Å². The van der Waals surface area contributed by atoms with Gasteiger partial charge < -0.3 is 0 Å². The van der Waals surface area contributed by atoms with Gasteiger partial charge in [-0.3, -0.25) is 0 Å². The van der Waals surface area contributed by atoms with E-state index in [1.54, 1.807) is 0 Å². The van der Waals surface area contributed by atoms with Crippen molar-refractivity contribution < 1.29 is 61.5 Å². The van der Waals surface area contributed by atoms with E-state index in [1.165, 1.54) is 0 Å². The number of halogens is 14. The summed E-state index contributed by atoms with van der Waals surface area (Å²) in [4.78, 5) is 0. The fourth-order valence-corrected chi connectivity index (χ4v) is 1.14. The first-order valence-corrected chi connectivity index (χ1v) is 4.15. The molecule has 0 bridgehead atoms. The van der Waals surface area contributed by atoms with E-state index in [-0.39, 0.29) is 0 Å². The van der Waals surface area contributed by atoms with Gasteiger partial charge in [-0.1, -0.05) is 0 Å². The van der Waals surface area contributed by atoms with Crippen molar-refractivity contribution in [2.24, 2.45) is 5.41 Å². The summed E-state index contributed by atoms with van der Waals surface area (Å²) in [5.41, 5.74) is -7.63. The summed E-state index contributed by atoms with van der Waals surface area (Å²) in [6, 6.07) is 0. The van der Waals surface area contributed by atoms with Crippen LogP contribution < -0.4 is 0 Å². The van der Waals surface area contributed by atoms with Gasteiger partial charge in [0.05, 0.1) is 0 Å². The second-order valence-electron chi connectivity index (χ2n) is 3.37. The highest BCUT2D eigenvalue weighted by Gasteiger charge is 2.87. The van der Waals surface area contributed by atoms with Gasteiger partial charge in [-0.2, -0.15) is 57.1 Å². The molecule has 0 aromatic rings. The van der Waals surface area contributed by atoms with E-state index in [0.29, 0.717) is 0 Å². The third kappa shape index (κ3) is 3.02. The normalized spacial score (nSPS) is 16.9. The van der Waals surface area contributed by atoms with E-state index in [0.717, 1.165) is 0 Å². The third-order valence-corrected chi connectivity index (χ3v) is 2.05. The highest BCUT2D eigenvalue weighted by molar-refractivity contribution is 5.23. The van der Waals surface area contributed by atoms with Crippen LogP contribution in [0.4, 0.5) is 61.5 Å². The molecule has 0 radical (unpaired) electrons. The molecule has 0 atom stereocenters. The van der Waals surface area contributed by atoms with Crippen LogP contribution in [0.2, 0.25) is 0 Å². The number of allylic oxidation sites excluding steroid dienone is 2. The maximum atomic E-state index is 12.7. The van der Waals surface area contributed by atoms with Crippen molar-refractivity contribution in [2.45, 2.75) is 24.7 Å². The van der Waals surface area contributed by atoms with Gasteiger partial charge >= 0.3 is 30.1 Å². The van der Waals surface area contributed by atoms with E-state index in [1.807, 2.05) is 0 Å². The van der Waals surface area contributed by atoms with E-state index in [9.17, 15) is 61.5 Å². The lowest BCUT2D eigenvalue weighted by molar-refractivity contribution is -0.416. The summed E-state index contributed by atoms with van der Waals surface area (Å²) < 4.78 is 169. The van der Waals surface area contributed by atoms with E-state index in [2.05, 4.69) is 0 Å².